The summed E-state index contributed by atoms with van der Waals surface area (Å²) in [7, 11) is 0. The molecule has 1 aliphatic heterocycles. The van der Waals surface area contributed by atoms with Gasteiger partial charge in [-0.25, -0.2) is 9.78 Å². The van der Waals surface area contributed by atoms with E-state index in [4.69, 9.17) is 0 Å². The smallest absolute Gasteiger partial charge is 0.319 e. The number of anilines is 1. The minimum Gasteiger partial charge on any atom is -0.327 e. The Bertz CT molecular complexity index is 1320. The Labute approximate surface area is 177 Å². The molecule has 1 aliphatic rings. The maximum Gasteiger partial charge on any atom is 0.319 e. The van der Waals surface area contributed by atoms with Crippen LogP contribution in [0.3, 0.4) is 0 Å². The van der Waals surface area contributed by atoms with Crippen molar-refractivity contribution >= 4 is 28.5 Å². The first-order valence-electron chi connectivity index (χ1n) is 9.69. The Morgan fingerprint density at radius 1 is 1.19 bits per heavy atom. The molecule has 31 heavy (non-hydrogen) atoms. The normalized spacial score (nSPS) is 16.2. The quantitative estimate of drug-likeness (QED) is 0.411. The maximum absolute atomic E-state index is 13.3. The fraction of sp³-hybridized carbons (Fsp3) is 0.0909. The molecule has 9 heteroatoms. The summed E-state index contributed by atoms with van der Waals surface area (Å²) >= 11 is 0. The Balaban J connectivity index is 1.49. The fourth-order valence-corrected chi connectivity index (χ4v) is 3.74. The van der Waals surface area contributed by atoms with E-state index in [0.717, 1.165) is 22.2 Å². The predicted molar refractivity (Wildman–Crippen MR) is 115 cm³/mol. The number of rotatable bonds is 4. The Morgan fingerprint density at radius 3 is 2.94 bits per heavy atom. The monoisotopic (exact) mass is 413 g/mol. The van der Waals surface area contributed by atoms with Crippen LogP contribution in [-0.2, 0) is 4.79 Å². The van der Waals surface area contributed by atoms with E-state index in [1.807, 2.05) is 47.2 Å². The van der Waals surface area contributed by atoms with E-state index < -0.39 is 6.04 Å². The minimum atomic E-state index is -0.602. The second-order valence-electron chi connectivity index (χ2n) is 7.26. The molecule has 1 unspecified atom stereocenters. The van der Waals surface area contributed by atoms with Crippen molar-refractivity contribution in [3.8, 4) is 5.69 Å². The Hall–Kier alpha value is -4.40. The second kappa shape index (κ2) is 7.45. The highest BCUT2D eigenvalue weighted by molar-refractivity contribution is 6.07. The van der Waals surface area contributed by atoms with Crippen LogP contribution in [0.5, 0.6) is 0 Å². The molecule has 0 saturated carbocycles. The lowest BCUT2D eigenvalue weighted by atomic mass is 9.94. The summed E-state index contributed by atoms with van der Waals surface area (Å²) < 4.78 is 1.86. The van der Waals surface area contributed by atoms with Gasteiger partial charge in [-0.1, -0.05) is 12.1 Å². The lowest BCUT2D eigenvalue weighted by Gasteiger charge is -2.29. The number of nitrogens with one attached hydrogen (secondary N) is 4. The standard InChI is InChI=1S/C22H19N7O2/c1-13-19(21(30)26-16-5-6-18-15(9-16)11-24-28-18)20(27-22(31)25-13)14-3-2-4-17(10-14)29-8-7-23-12-29/h2-12,20H,1H3,(H,24,28)(H,26,30)(H2,25,27,31). The highest BCUT2D eigenvalue weighted by Crippen LogP contribution is 2.29. The largest absolute Gasteiger partial charge is 0.327 e. The first-order chi connectivity index (χ1) is 15.1. The molecule has 2 aromatic heterocycles. The summed E-state index contributed by atoms with van der Waals surface area (Å²) in [5.41, 5.74) is 4.14. The average Bonchev–Trinajstić information content (AvgIpc) is 3.45. The molecule has 0 radical (unpaired) electrons. The van der Waals surface area contributed by atoms with Gasteiger partial charge in [-0.3, -0.25) is 9.89 Å². The van der Waals surface area contributed by atoms with Gasteiger partial charge in [0.1, 0.15) is 0 Å². The molecule has 0 fully saturated rings. The van der Waals surface area contributed by atoms with Crippen LogP contribution in [0, 0.1) is 0 Å². The molecule has 4 N–H and O–H groups in total. The van der Waals surface area contributed by atoms with Gasteiger partial charge < -0.3 is 20.5 Å². The number of hydrogen-bond acceptors (Lipinski definition) is 4. The van der Waals surface area contributed by atoms with Crippen LogP contribution in [0.2, 0.25) is 0 Å². The van der Waals surface area contributed by atoms with Crippen LogP contribution in [-0.4, -0.2) is 31.7 Å². The molecule has 0 bridgehead atoms. The Morgan fingerprint density at radius 2 is 2.10 bits per heavy atom. The van der Waals surface area contributed by atoms with Crippen molar-refractivity contribution in [3.63, 3.8) is 0 Å². The van der Waals surface area contributed by atoms with Gasteiger partial charge in [-0.05, 0) is 42.8 Å². The summed E-state index contributed by atoms with van der Waals surface area (Å²) in [6.45, 7) is 1.72. The van der Waals surface area contributed by atoms with Crippen molar-refractivity contribution in [3.05, 3.63) is 84.2 Å². The van der Waals surface area contributed by atoms with Gasteiger partial charge >= 0.3 is 6.03 Å². The van der Waals surface area contributed by atoms with Crippen LogP contribution in [0.25, 0.3) is 16.6 Å². The number of aromatic nitrogens is 4. The highest BCUT2D eigenvalue weighted by atomic mass is 16.2. The van der Waals surface area contributed by atoms with Crippen molar-refractivity contribution in [1.82, 2.24) is 30.4 Å². The van der Waals surface area contributed by atoms with Gasteiger partial charge in [-0.15, -0.1) is 0 Å². The molecule has 0 spiro atoms. The number of nitrogens with zero attached hydrogens (tertiary/aromatic N) is 3. The minimum absolute atomic E-state index is 0.300. The number of carbonyl (C=O) groups is 2. The number of hydrogen-bond donors (Lipinski definition) is 4. The molecule has 9 nitrogen and oxygen atoms in total. The van der Waals surface area contributed by atoms with Gasteiger partial charge in [0.2, 0.25) is 0 Å². The Kier molecular flexibility index (Phi) is 4.47. The number of H-pyrrole nitrogens is 1. The van der Waals surface area contributed by atoms with Gasteiger partial charge in [0, 0.05) is 34.9 Å². The number of carbonyl (C=O) groups excluding carboxylic acids is 2. The van der Waals surface area contributed by atoms with E-state index in [1.165, 1.54) is 0 Å². The number of benzene rings is 2. The molecule has 154 valence electrons. The fourth-order valence-electron chi connectivity index (χ4n) is 3.74. The first kappa shape index (κ1) is 18.6. The topological polar surface area (TPSA) is 117 Å². The van der Waals surface area contributed by atoms with Crippen molar-refractivity contribution in [2.24, 2.45) is 0 Å². The highest BCUT2D eigenvalue weighted by Gasteiger charge is 2.31. The van der Waals surface area contributed by atoms with Crippen molar-refractivity contribution in [1.29, 1.82) is 0 Å². The van der Waals surface area contributed by atoms with E-state index in [9.17, 15) is 9.59 Å². The zero-order valence-corrected chi connectivity index (χ0v) is 16.6. The molecule has 1 atom stereocenters. The summed E-state index contributed by atoms with van der Waals surface area (Å²) in [6.07, 6.45) is 6.92. The average molecular weight is 413 g/mol. The van der Waals surface area contributed by atoms with Crippen LogP contribution in [0.1, 0.15) is 18.5 Å². The third kappa shape index (κ3) is 3.52. The van der Waals surface area contributed by atoms with Gasteiger partial charge in [0.15, 0.2) is 0 Å². The number of fused-ring (bicyclic) bond motifs is 1. The zero-order valence-electron chi connectivity index (χ0n) is 16.6. The van der Waals surface area contributed by atoms with Crippen molar-refractivity contribution in [2.75, 3.05) is 5.32 Å². The van der Waals surface area contributed by atoms with Crippen molar-refractivity contribution in [2.45, 2.75) is 13.0 Å². The third-order valence-electron chi connectivity index (χ3n) is 5.22. The molecule has 5 rings (SSSR count). The number of amides is 3. The third-order valence-corrected chi connectivity index (χ3v) is 5.22. The molecule has 0 saturated heterocycles. The first-order valence-corrected chi connectivity index (χ1v) is 9.69. The number of urea groups is 1. The number of allylic oxidation sites excluding steroid dienone is 1. The summed E-state index contributed by atoms with van der Waals surface area (Å²) in [5, 5.41) is 16.3. The predicted octanol–water partition coefficient (Wildman–Crippen LogP) is 3.02. The van der Waals surface area contributed by atoms with E-state index >= 15 is 0 Å². The second-order valence-corrected chi connectivity index (χ2v) is 7.26. The summed E-state index contributed by atoms with van der Waals surface area (Å²) in [5.74, 6) is -0.300. The summed E-state index contributed by atoms with van der Waals surface area (Å²) in [4.78, 5) is 29.5. The van der Waals surface area contributed by atoms with Crippen LogP contribution in [0.15, 0.2) is 78.7 Å². The molecular formula is C22H19N7O2. The molecule has 4 aromatic rings. The van der Waals surface area contributed by atoms with E-state index in [2.05, 4.69) is 31.1 Å². The molecular weight excluding hydrogens is 394 g/mol. The maximum atomic E-state index is 13.3. The number of aromatic amines is 1. The number of imidazole rings is 1. The SMILES string of the molecule is CC1=C(C(=O)Nc2ccc3[nH]ncc3c2)C(c2cccc(-n3ccnc3)c2)NC(=O)N1. The van der Waals surface area contributed by atoms with Gasteiger partial charge in [-0.2, -0.15) is 5.10 Å². The lowest BCUT2D eigenvalue weighted by molar-refractivity contribution is -0.113. The molecule has 0 aliphatic carbocycles. The van der Waals surface area contributed by atoms with Gasteiger partial charge in [0.05, 0.1) is 29.7 Å². The molecule has 3 amide bonds. The van der Waals surface area contributed by atoms with E-state index in [-0.39, 0.29) is 11.9 Å². The van der Waals surface area contributed by atoms with Crippen LogP contribution < -0.4 is 16.0 Å². The van der Waals surface area contributed by atoms with E-state index in [1.54, 1.807) is 31.7 Å². The molecule has 3 heterocycles. The molecule has 2 aromatic carbocycles. The zero-order chi connectivity index (χ0) is 21.4. The van der Waals surface area contributed by atoms with E-state index in [0.29, 0.717) is 17.0 Å². The van der Waals surface area contributed by atoms with Gasteiger partial charge in [0.25, 0.3) is 5.91 Å². The lowest BCUT2D eigenvalue weighted by Crippen LogP contribution is -2.46. The van der Waals surface area contributed by atoms with Crippen LogP contribution in [0.4, 0.5) is 10.5 Å². The van der Waals surface area contributed by atoms with Crippen molar-refractivity contribution < 1.29 is 9.59 Å². The summed E-state index contributed by atoms with van der Waals surface area (Å²) in [6, 6.07) is 12.2. The van der Waals surface area contributed by atoms with Crippen LogP contribution >= 0.6 is 0 Å².